The summed E-state index contributed by atoms with van der Waals surface area (Å²) in [7, 11) is 0. The van der Waals surface area contributed by atoms with Gasteiger partial charge in [-0.15, -0.1) is 0 Å². The van der Waals surface area contributed by atoms with E-state index < -0.39 is 5.97 Å². The molecule has 4 rings (SSSR count). The molecule has 2 aliphatic rings. The first-order valence-electron chi connectivity index (χ1n) is 7.41. The Hall–Kier alpha value is -2.96. The predicted molar refractivity (Wildman–Crippen MR) is 81.1 cm³/mol. The molecular formula is C16H14N4O3. The summed E-state index contributed by atoms with van der Waals surface area (Å²) in [5.74, 6) is -0.269. The number of benzene rings is 1. The van der Waals surface area contributed by atoms with Crippen molar-refractivity contribution in [3.63, 3.8) is 0 Å². The highest BCUT2D eigenvalue weighted by molar-refractivity contribution is 5.99. The maximum Gasteiger partial charge on any atom is 0.335 e. The number of hydrogen-bond acceptors (Lipinski definition) is 5. The van der Waals surface area contributed by atoms with Crippen LogP contribution in [0.2, 0.25) is 0 Å². The van der Waals surface area contributed by atoms with Crippen molar-refractivity contribution >= 4 is 17.7 Å². The minimum Gasteiger partial charge on any atom is -0.478 e. The molecule has 23 heavy (non-hydrogen) atoms. The fourth-order valence-electron chi connectivity index (χ4n) is 3.21. The van der Waals surface area contributed by atoms with Crippen LogP contribution in [0.5, 0.6) is 0 Å². The Labute approximate surface area is 131 Å². The Morgan fingerprint density at radius 3 is 2.78 bits per heavy atom. The number of carbonyl (C=O) groups excluding carboxylic acids is 1. The standard InChI is InChI=1S/C16H14N4O3/c21-12-3-1-2-11-13(12)14(20-16(19-11)17-8-18-20)9-4-6-10(7-5-9)15(22)23/h4-8,14H,1-3H2,(H,22,23)(H,17,18,19)/t14-/m0/s1. The van der Waals surface area contributed by atoms with Gasteiger partial charge >= 0.3 is 5.97 Å². The van der Waals surface area contributed by atoms with E-state index >= 15 is 0 Å². The molecule has 0 fully saturated rings. The van der Waals surface area contributed by atoms with E-state index in [0.29, 0.717) is 17.9 Å². The predicted octanol–water partition coefficient (Wildman–Crippen LogP) is 2.00. The van der Waals surface area contributed by atoms with Crippen LogP contribution < -0.4 is 5.32 Å². The van der Waals surface area contributed by atoms with Gasteiger partial charge in [0.15, 0.2) is 5.78 Å². The van der Waals surface area contributed by atoms with Crippen molar-refractivity contribution < 1.29 is 14.7 Å². The maximum atomic E-state index is 12.5. The summed E-state index contributed by atoms with van der Waals surface area (Å²) in [6.45, 7) is 0. The lowest BCUT2D eigenvalue weighted by Gasteiger charge is -2.32. The molecule has 2 N–H and O–H groups in total. The molecule has 0 radical (unpaired) electrons. The van der Waals surface area contributed by atoms with Crippen LogP contribution in [0.3, 0.4) is 0 Å². The second kappa shape index (κ2) is 5.05. The monoisotopic (exact) mass is 310 g/mol. The number of Topliss-reactive ketones (excluding diaryl/α,β-unsaturated/α-hetero) is 1. The van der Waals surface area contributed by atoms with Gasteiger partial charge in [0, 0.05) is 17.7 Å². The van der Waals surface area contributed by atoms with Crippen molar-refractivity contribution in [2.75, 3.05) is 5.32 Å². The number of ketones is 1. The summed E-state index contributed by atoms with van der Waals surface area (Å²) in [6, 6.07) is 6.20. The average Bonchev–Trinajstić information content (AvgIpc) is 3.01. The van der Waals surface area contributed by atoms with E-state index in [9.17, 15) is 9.59 Å². The van der Waals surface area contributed by atoms with Crippen LogP contribution in [-0.4, -0.2) is 31.6 Å². The molecule has 1 atom stereocenters. The van der Waals surface area contributed by atoms with Gasteiger partial charge in [-0.2, -0.15) is 10.1 Å². The molecule has 1 aromatic heterocycles. The quantitative estimate of drug-likeness (QED) is 0.880. The highest BCUT2D eigenvalue weighted by Gasteiger charge is 2.35. The van der Waals surface area contributed by atoms with Crippen molar-refractivity contribution in [1.82, 2.24) is 14.8 Å². The number of aromatic carboxylic acids is 1. The molecule has 7 nitrogen and oxygen atoms in total. The highest BCUT2D eigenvalue weighted by Crippen LogP contribution is 2.39. The van der Waals surface area contributed by atoms with Gasteiger partial charge in [-0.25, -0.2) is 9.48 Å². The normalized spacial score (nSPS) is 19.8. The van der Waals surface area contributed by atoms with Crippen molar-refractivity contribution in [1.29, 1.82) is 0 Å². The third kappa shape index (κ3) is 2.12. The SMILES string of the molecule is O=C1CCCC2=C1[C@H](c1ccc(C(=O)O)cc1)n1ncnc1N2. The van der Waals surface area contributed by atoms with E-state index in [4.69, 9.17) is 5.11 Å². The Morgan fingerprint density at radius 1 is 1.26 bits per heavy atom. The summed E-state index contributed by atoms with van der Waals surface area (Å²) in [5, 5.41) is 16.5. The van der Waals surface area contributed by atoms with E-state index in [-0.39, 0.29) is 17.4 Å². The fourth-order valence-corrected chi connectivity index (χ4v) is 3.21. The number of nitrogens with one attached hydrogen (secondary N) is 1. The van der Waals surface area contributed by atoms with E-state index in [1.807, 2.05) is 0 Å². The molecule has 116 valence electrons. The third-order valence-corrected chi connectivity index (χ3v) is 4.28. The number of carbonyl (C=O) groups is 2. The van der Waals surface area contributed by atoms with Crippen LogP contribution in [0, 0.1) is 0 Å². The van der Waals surface area contributed by atoms with Crippen molar-refractivity contribution in [2.45, 2.75) is 25.3 Å². The molecule has 1 aromatic carbocycles. The van der Waals surface area contributed by atoms with E-state index in [1.165, 1.54) is 6.33 Å². The summed E-state index contributed by atoms with van der Waals surface area (Å²) in [6.07, 6.45) is 3.60. The first kappa shape index (κ1) is 13.7. The Morgan fingerprint density at radius 2 is 2.04 bits per heavy atom. The van der Waals surface area contributed by atoms with Crippen LogP contribution in [0.1, 0.15) is 41.2 Å². The Kier molecular flexibility index (Phi) is 3.00. The van der Waals surface area contributed by atoms with Crippen molar-refractivity contribution in [3.05, 3.63) is 53.0 Å². The molecule has 0 saturated heterocycles. The highest BCUT2D eigenvalue weighted by atomic mass is 16.4. The molecule has 0 spiro atoms. The zero-order chi connectivity index (χ0) is 16.0. The van der Waals surface area contributed by atoms with Gasteiger partial charge < -0.3 is 10.4 Å². The number of anilines is 1. The molecular weight excluding hydrogens is 296 g/mol. The van der Waals surface area contributed by atoms with Gasteiger partial charge in [0.25, 0.3) is 0 Å². The zero-order valence-corrected chi connectivity index (χ0v) is 12.2. The largest absolute Gasteiger partial charge is 0.478 e. The minimum absolute atomic E-state index is 0.104. The Bertz CT molecular complexity index is 835. The molecule has 1 aliphatic heterocycles. The third-order valence-electron chi connectivity index (χ3n) is 4.28. The van der Waals surface area contributed by atoms with Crippen LogP contribution in [0.15, 0.2) is 41.9 Å². The van der Waals surface area contributed by atoms with Gasteiger partial charge in [-0.3, -0.25) is 4.79 Å². The number of nitrogens with zero attached hydrogens (tertiary/aromatic N) is 3. The molecule has 0 amide bonds. The summed E-state index contributed by atoms with van der Waals surface area (Å²) in [4.78, 5) is 27.7. The molecule has 0 unspecified atom stereocenters. The second-order valence-corrected chi connectivity index (χ2v) is 5.65. The lowest BCUT2D eigenvalue weighted by Crippen LogP contribution is -2.31. The van der Waals surface area contributed by atoms with Crippen LogP contribution >= 0.6 is 0 Å². The first-order valence-corrected chi connectivity index (χ1v) is 7.41. The zero-order valence-electron chi connectivity index (χ0n) is 12.2. The number of carboxylic acid groups (broad SMARTS) is 1. The second-order valence-electron chi connectivity index (χ2n) is 5.65. The van der Waals surface area contributed by atoms with E-state index in [0.717, 1.165) is 24.1 Å². The van der Waals surface area contributed by atoms with Gasteiger partial charge in [0.2, 0.25) is 5.95 Å². The number of hydrogen-bond donors (Lipinski definition) is 2. The Balaban J connectivity index is 1.85. The van der Waals surface area contributed by atoms with Gasteiger partial charge in [0.05, 0.1) is 5.56 Å². The smallest absolute Gasteiger partial charge is 0.335 e. The lowest BCUT2D eigenvalue weighted by atomic mass is 9.85. The van der Waals surface area contributed by atoms with Gasteiger partial charge in [-0.05, 0) is 30.5 Å². The molecule has 0 bridgehead atoms. The average molecular weight is 310 g/mol. The number of aromatic nitrogens is 3. The van der Waals surface area contributed by atoms with Gasteiger partial charge in [0.1, 0.15) is 12.4 Å². The van der Waals surface area contributed by atoms with Crippen molar-refractivity contribution in [3.8, 4) is 0 Å². The summed E-state index contributed by atoms with van der Waals surface area (Å²) >= 11 is 0. The fraction of sp³-hybridized carbons (Fsp3) is 0.250. The number of allylic oxidation sites excluding steroid dienone is 2. The molecule has 2 heterocycles. The van der Waals surface area contributed by atoms with Crippen LogP contribution in [0.25, 0.3) is 0 Å². The van der Waals surface area contributed by atoms with Crippen LogP contribution in [-0.2, 0) is 4.79 Å². The van der Waals surface area contributed by atoms with Crippen molar-refractivity contribution in [2.24, 2.45) is 0 Å². The summed E-state index contributed by atoms with van der Waals surface area (Å²) < 4.78 is 1.68. The number of fused-ring (bicyclic) bond motifs is 1. The number of carboxylic acids is 1. The number of rotatable bonds is 2. The molecule has 2 aromatic rings. The first-order chi connectivity index (χ1) is 11.1. The van der Waals surface area contributed by atoms with Gasteiger partial charge in [-0.1, -0.05) is 12.1 Å². The topological polar surface area (TPSA) is 97.1 Å². The van der Waals surface area contributed by atoms with Crippen LogP contribution in [0.4, 0.5) is 5.95 Å². The molecule has 1 aliphatic carbocycles. The maximum absolute atomic E-state index is 12.5. The molecule has 0 saturated carbocycles. The summed E-state index contributed by atoms with van der Waals surface area (Å²) in [5.41, 5.74) is 2.64. The van der Waals surface area contributed by atoms with E-state index in [1.54, 1.807) is 28.9 Å². The molecule has 7 heteroatoms. The minimum atomic E-state index is -0.975. The van der Waals surface area contributed by atoms with E-state index in [2.05, 4.69) is 15.4 Å². The lowest BCUT2D eigenvalue weighted by molar-refractivity contribution is -0.116.